The Kier molecular flexibility index (Phi) is 10.1. The second-order valence-electron chi connectivity index (χ2n) is 7.13. The largest absolute Gasteiger partial charge is 0.385 e. The summed E-state index contributed by atoms with van der Waals surface area (Å²) in [6.45, 7) is 5.75. The summed E-state index contributed by atoms with van der Waals surface area (Å²) in [5.41, 5.74) is -0.288. The monoisotopic (exact) mass is 476 g/mol. The first-order chi connectivity index (χ1) is 10.6. The minimum Gasteiger partial charge on any atom is -0.385 e. The van der Waals surface area contributed by atoms with E-state index >= 15 is 0 Å². The van der Waals surface area contributed by atoms with E-state index in [-0.39, 0.29) is 24.0 Å². The minimum absolute atomic E-state index is 0. The van der Waals surface area contributed by atoms with Gasteiger partial charge in [0.25, 0.3) is 0 Å². The lowest BCUT2D eigenvalue weighted by Crippen LogP contribution is -2.54. The molecule has 0 heterocycles. The minimum atomic E-state index is -3.24. The van der Waals surface area contributed by atoms with Gasteiger partial charge in [0.2, 0.25) is 10.0 Å². The first kappa shape index (κ1) is 23.9. The van der Waals surface area contributed by atoms with Gasteiger partial charge in [-0.15, -0.1) is 24.0 Å². The van der Waals surface area contributed by atoms with Crippen LogP contribution in [0.15, 0.2) is 4.99 Å². The maximum absolute atomic E-state index is 11.4. The number of halogens is 1. The van der Waals surface area contributed by atoms with Crippen LogP contribution in [0, 0.1) is 5.41 Å². The fourth-order valence-corrected chi connectivity index (χ4v) is 3.92. The number of ether oxygens (including phenoxy) is 1. The van der Waals surface area contributed by atoms with Gasteiger partial charge in [-0.1, -0.05) is 6.42 Å². The standard InChI is InChI=1S/C15H32N4O3S.HI/c1-14(2,19-23(5,20)21)11-17-13(16-3)18-12-15(7-6-8-15)9-10-22-4;/h19H,6-12H2,1-5H3,(H2,16,17,18);1H. The van der Waals surface area contributed by atoms with Gasteiger partial charge in [-0.25, -0.2) is 13.1 Å². The number of nitrogens with one attached hydrogen (secondary N) is 3. The number of sulfonamides is 1. The first-order valence-corrected chi connectivity index (χ1v) is 9.93. The molecule has 1 aliphatic rings. The van der Waals surface area contributed by atoms with Crippen molar-refractivity contribution in [3.8, 4) is 0 Å². The Morgan fingerprint density at radius 2 is 1.92 bits per heavy atom. The SMILES string of the molecule is CN=C(NCC1(CCOC)CCC1)NCC(C)(C)NS(C)(=O)=O.I. The molecule has 1 saturated carbocycles. The molecule has 0 aromatic carbocycles. The van der Waals surface area contributed by atoms with E-state index in [1.807, 2.05) is 13.8 Å². The van der Waals surface area contributed by atoms with E-state index < -0.39 is 15.6 Å². The molecular formula is C15H33IN4O3S. The molecule has 0 saturated heterocycles. The highest BCUT2D eigenvalue weighted by atomic mass is 127. The molecule has 0 aromatic rings. The van der Waals surface area contributed by atoms with E-state index in [9.17, 15) is 8.42 Å². The zero-order valence-corrected chi connectivity index (χ0v) is 18.6. The normalized spacial score (nSPS) is 17.6. The first-order valence-electron chi connectivity index (χ1n) is 8.04. The van der Waals surface area contributed by atoms with Crippen molar-refractivity contribution in [1.29, 1.82) is 0 Å². The number of aliphatic imine (C=N–C) groups is 1. The van der Waals surface area contributed by atoms with Gasteiger partial charge in [-0.05, 0) is 38.5 Å². The van der Waals surface area contributed by atoms with Gasteiger partial charge in [0, 0.05) is 39.4 Å². The summed E-state index contributed by atoms with van der Waals surface area (Å²) in [5, 5.41) is 6.55. The van der Waals surface area contributed by atoms with E-state index in [0.29, 0.717) is 17.9 Å². The fraction of sp³-hybridized carbons (Fsp3) is 0.933. The van der Waals surface area contributed by atoms with Crippen molar-refractivity contribution in [2.45, 2.75) is 45.1 Å². The average molecular weight is 476 g/mol. The molecule has 0 radical (unpaired) electrons. The number of hydrogen-bond acceptors (Lipinski definition) is 4. The molecule has 1 aliphatic carbocycles. The van der Waals surface area contributed by atoms with Gasteiger partial charge < -0.3 is 15.4 Å². The fourth-order valence-electron chi connectivity index (χ4n) is 2.85. The number of hydrogen-bond donors (Lipinski definition) is 3. The molecule has 0 unspecified atom stereocenters. The van der Waals surface area contributed by atoms with Crippen molar-refractivity contribution in [3.63, 3.8) is 0 Å². The van der Waals surface area contributed by atoms with Gasteiger partial charge in [0.1, 0.15) is 0 Å². The Hall–Kier alpha value is -0.130. The lowest BCUT2D eigenvalue weighted by Gasteiger charge is -2.42. The molecule has 0 aliphatic heterocycles. The topological polar surface area (TPSA) is 91.8 Å². The van der Waals surface area contributed by atoms with Crippen LogP contribution in [-0.4, -0.2) is 60.0 Å². The molecule has 9 heteroatoms. The third kappa shape index (κ3) is 8.82. The number of nitrogens with zero attached hydrogens (tertiary/aromatic N) is 1. The summed E-state index contributed by atoms with van der Waals surface area (Å²) >= 11 is 0. The molecule has 3 N–H and O–H groups in total. The van der Waals surface area contributed by atoms with Gasteiger partial charge >= 0.3 is 0 Å². The molecular weight excluding hydrogens is 443 g/mol. The van der Waals surface area contributed by atoms with Crippen molar-refractivity contribution < 1.29 is 13.2 Å². The smallest absolute Gasteiger partial charge is 0.209 e. The second kappa shape index (κ2) is 10.1. The Balaban J connectivity index is 0.00000529. The Morgan fingerprint density at radius 1 is 1.29 bits per heavy atom. The molecule has 144 valence electrons. The van der Waals surface area contributed by atoms with Crippen LogP contribution in [0.4, 0.5) is 0 Å². The van der Waals surface area contributed by atoms with Crippen molar-refractivity contribution in [3.05, 3.63) is 0 Å². The van der Waals surface area contributed by atoms with Crippen LogP contribution in [0.2, 0.25) is 0 Å². The number of guanidine groups is 1. The van der Waals surface area contributed by atoms with Crippen LogP contribution in [0.25, 0.3) is 0 Å². The predicted molar refractivity (Wildman–Crippen MR) is 110 cm³/mol. The van der Waals surface area contributed by atoms with Crippen LogP contribution in [0.5, 0.6) is 0 Å². The molecule has 0 amide bonds. The second-order valence-corrected chi connectivity index (χ2v) is 8.88. The molecule has 7 nitrogen and oxygen atoms in total. The van der Waals surface area contributed by atoms with Crippen LogP contribution < -0.4 is 15.4 Å². The van der Waals surface area contributed by atoms with E-state index in [0.717, 1.165) is 25.8 Å². The van der Waals surface area contributed by atoms with Gasteiger partial charge in [0.05, 0.1) is 6.26 Å². The zero-order chi connectivity index (χ0) is 17.6. The molecule has 1 rings (SSSR count). The van der Waals surface area contributed by atoms with Gasteiger partial charge in [-0.3, -0.25) is 4.99 Å². The molecule has 0 bridgehead atoms. The summed E-state index contributed by atoms with van der Waals surface area (Å²) in [6, 6.07) is 0. The highest BCUT2D eigenvalue weighted by Crippen LogP contribution is 2.43. The lowest BCUT2D eigenvalue weighted by atomic mass is 9.67. The van der Waals surface area contributed by atoms with Crippen LogP contribution in [0.3, 0.4) is 0 Å². The lowest BCUT2D eigenvalue weighted by molar-refractivity contribution is 0.0732. The summed E-state index contributed by atoms with van der Waals surface area (Å²) in [5.74, 6) is 0.692. The highest BCUT2D eigenvalue weighted by Gasteiger charge is 2.36. The predicted octanol–water partition coefficient (Wildman–Crippen LogP) is 1.30. The maximum atomic E-state index is 11.4. The summed E-state index contributed by atoms with van der Waals surface area (Å²) in [4.78, 5) is 4.22. The van der Waals surface area contributed by atoms with Crippen LogP contribution in [-0.2, 0) is 14.8 Å². The van der Waals surface area contributed by atoms with Crippen molar-refractivity contribution >= 4 is 40.0 Å². The molecule has 1 fully saturated rings. The molecule has 24 heavy (non-hydrogen) atoms. The third-order valence-electron chi connectivity index (χ3n) is 4.26. The maximum Gasteiger partial charge on any atom is 0.209 e. The third-order valence-corrected chi connectivity index (χ3v) is 5.19. The Morgan fingerprint density at radius 3 is 2.33 bits per heavy atom. The summed E-state index contributed by atoms with van der Waals surface area (Å²) < 4.78 is 30.6. The van der Waals surface area contributed by atoms with Gasteiger partial charge in [0.15, 0.2) is 5.96 Å². The highest BCUT2D eigenvalue weighted by molar-refractivity contribution is 14.0. The quantitative estimate of drug-likeness (QED) is 0.265. The Bertz CT molecular complexity index is 505. The number of rotatable bonds is 9. The van der Waals surface area contributed by atoms with E-state index in [1.54, 1.807) is 14.2 Å². The van der Waals surface area contributed by atoms with E-state index in [4.69, 9.17) is 4.74 Å². The molecule has 0 aromatic heterocycles. The average Bonchev–Trinajstić information content (AvgIpc) is 2.37. The van der Waals surface area contributed by atoms with Crippen LogP contribution in [0.1, 0.15) is 39.5 Å². The summed E-state index contributed by atoms with van der Waals surface area (Å²) in [6.07, 6.45) is 5.90. The van der Waals surface area contributed by atoms with Crippen LogP contribution >= 0.6 is 24.0 Å². The van der Waals surface area contributed by atoms with Crippen molar-refractivity contribution in [1.82, 2.24) is 15.4 Å². The van der Waals surface area contributed by atoms with E-state index in [1.165, 1.54) is 19.3 Å². The Labute approximate surface area is 163 Å². The molecule has 0 spiro atoms. The zero-order valence-electron chi connectivity index (χ0n) is 15.4. The van der Waals surface area contributed by atoms with E-state index in [2.05, 4.69) is 20.3 Å². The summed E-state index contributed by atoms with van der Waals surface area (Å²) in [7, 11) is 0.209. The number of methoxy groups -OCH3 is 1. The van der Waals surface area contributed by atoms with Crippen molar-refractivity contribution in [2.24, 2.45) is 10.4 Å². The van der Waals surface area contributed by atoms with Gasteiger partial charge in [-0.2, -0.15) is 0 Å². The molecule has 0 atom stereocenters. The van der Waals surface area contributed by atoms with Crippen molar-refractivity contribution in [2.75, 3.05) is 40.1 Å².